The van der Waals surface area contributed by atoms with Crippen molar-refractivity contribution >= 4 is 10.9 Å². The van der Waals surface area contributed by atoms with Crippen molar-refractivity contribution in [3.8, 4) is 0 Å². The van der Waals surface area contributed by atoms with E-state index < -0.39 is 0 Å². The Hall–Kier alpha value is -1.54. The van der Waals surface area contributed by atoms with Crippen molar-refractivity contribution in [2.24, 2.45) is 0 Å². The summed E-state index contributed by atoms with van der Waals surface area (Å²) in [7, 11) is 0. The molecule has 1 aromatic heterocycles. The van der Waals surface area contributed by atoms with E-state index in [1.165, 1.54) is 61.7 Å². The number of H-pyrrole nitrogens is 1. The van der Waals surface area contributed by atoms with Gasteiger partial charge in [-0.1, -0.05) is 36.3 Å². The largest absolute Gasteiger partial charge is 0.357 e. The lowest BCUT2D eigenvalue weighted by atomic mass is 9.81. The monoisotopic (exact) mass is 278 g/mol. The van der Waals surface area contributed by atoms with Crippen LogP contribution in [0.4, 0.5) is 0 Å². The second-order valence-corrected chi connectivity index (χ2v) is 6.84. The van der Waals surface area contributed by atoms with Gasteiger partial charge in [-0.05, 0) is 43.7 Å². The van der Waals surface area contributed by atoms with Crippen LogP contribution in [0.2, 0.25) is 0 Å². The Morgan fingerprint density at radius 2 is 2.00 bits per heavy atom. The maximum absolute atomic E-state index is 3.74. The summed E-state index contributed by atoms with van der Waals surface area (Å²) in [4.78, 5) is 6.54. The molecule has 1 aliphatic carbocycles. The minimum atomic E-state index is 0.591. The topological polar surface area (TPSA) is 19.0 Å². The van der Waals surface area contributed by atoms with Crippen LogP contribution in [-0.2, 0) is 6.42 Å². The molecule has 2 unspecified atom stereocenters. The van der Waals surface area contributed by atoms with E-state index in [0.29, 0.717) is 6.04 Å². The molecule has 2 aromatic rings. The predicted octanol–water partition coefficient (Wildman–Crippen LogP) is 4.34. The highest BCUT2D eigenvalue weighted by Crippen LogP contribution is 2.44. The summed E-state index contributed by atoms with van der Waals surface area (Å²) in [5.41, 5.74) is 6.14. The minimum absolute atomic E-state index is 0.591. The first kappa shape index (κ1) is 12.0. The summed E-state index contributed by atoms with van der Waals surface area (Å²) < 4.78 is 0. The molecule has 2 atom stereocenters. The molecular weight excluding hydrogens is 256 g/mol. The van der Waals surface area contributed by atoms with E-state index in [1.54, 1.807) is 11.1 Å². The Morgan fingerprint density at radius 3 is 3.00 bits per heavy atom. The number of fused-ring (bicyclic) bond motifs is 7. The molecule has 2 heteroatoms. The molecule has 3 heterocycles. The highest BCUT2D eigenvalue weighted by Gasteiger charge is 2.38. The van der Waals surface area contributed by atoms with Crippen molar-refractivity contribution in [3.63, 3.8) is 0 Å². The van der Waals surface area contributed by atoms with E-state index in [0.717, 1.165) is 6.04 Å². The van der Waals surface area contributed by atoms with Gasteiger partial charge in [0.15, 0.2) is 0 Å². The smallest absolute Gasteiger partial charge is 0.0542 e. The first-order chi connectivity index (χ1) is 10.4. The molecular formula is C19H22N2. The Morgan fingerprint density at radius 1 is 1.05 bits per heavy atom. The lowest BCUT2D eigenvalue weighted by Gasteiger charge is -2.46. The number of aromatic nitrogens is 1. The van der Waals surface area contributed by atoms with Gasteiger partial charge in [0.2, 0.25) is 0 Å². The van der Waals surface area contributed by atoms with E-state index in [1.807, 2.05) is 0 Å². The van der Waals surface area contributed by atoms with Gasteiger partial charge < -0.3 is 4.98 Å². The van der Waals surface area contributed by atoms with Crippen molar-refractivity contribution in [3.05, 3.63) is 47.2 Å². The molecule has 5 rings (SSSR count). The van der Waals surface area contributed by atoms with Gasteiger partial charge >= 0.3 is 0 Å². The molecule has 0 bridgehead atoms. The van der Waals surface area contributed by atoms with Gasteiger partial charge in [0, 0.05) is 29.2 Å². The minimum Gasteiger partial charge on any atom is -0.357 e. The quantitative estimate of drug-likeness (QED) is 0.710. The average molecular weight is 278 g/mol. The third kappa shape index (κ3) is 1.69. The fraction of sp³-hybridized carbons (Fsp3) is 0.474. The normalized spacial score (nSPS) is 28.7. The molecule has 1 aromatic carbocycles. The molecule has 3 aliphatic rings. The van der Waals surface area contributed by atoms with Gasteiger partial charge in [0.1, 0.15) is 0 Å². The molecule has 2 aliphatic heterocycles. The number of nitrogens with one attached hydrogen (secondary N) is 1. The molecule has 0 amide bonds. The lowest BCUT2D eigenvalue weighted by molar-refractivity contribution is 0.111. The molecule has 2 nitrogen and oxygen atoms in total. The zero-order valence-corrected chi connectivity index (χ0v) is 12.4. The van der Waals surface area contributed by atoms with E-state index >= 15 is 0 Å². The maximum atomic E-state index is 3.74. The molecule has 1 N–H and O–H groups in total. The Bertz CT molecular complexity index is 724. The third-order valence-electron chi connectivity index (χ3n) is 5.82. The van der Waals surface area contributed by atoms with Gasteiger partial charge in [-0.15, -0.1) is 0 Å². The van der Waals surface area contributed by atoms with Gasteiger partial charge in [-0.2, -0.15) is 0 Å². The second-order valence-electron chi connectivity index (χ2n) is 6.84. The molecule has 1 fully saturated rings. The van der Waals surface area contributed by atoms with E-state index in [2.05, 4.69) is 40.2 Å². The maximum Gasteiger partial charge on any atom is 0.0542 e. The standard InChI is InChI=1S/C19H22N2/c1-4-8-17-13(5-1)9-10-18-19-15(11-12-21(17)18)14-6-2-3-7-16(14)20-19/h2-3,6-7,9,17-18,20H,1,4-5,8,10-12H2. The third-order valence-corrected chi connectivity index (χ3v) is 5.82. The van der Waals surface area contributed by atoms with Crippen LogP contribution in [0.1, 0.15) is 49.4 Å². The van der Waals surface area contributed by atoms with Crippen LogP contribution in [0, 0.1) is 0 Å². The van der Waals surface area contributed by atoms with Crippen molar-refractivity contribution < 1.29 is 0 Å². The van der Waals surface area contributed by atoms with E-state index in [9.17, 15) is 0 Å². The van der Waals surface area contributed by atoms with Gasteiger partial charge in [0.25, 0.3) is 0 Å². The summed E-state index contributed by atoms with van der Waals surface area (Å²) in [6.07, 6.45) is 10.5. The first-order valence-electron chi connectivity index (χ1n) is 8.46. The average Bonchev–Trinajstić information content (AvgIpc) is 2.93. The molecule has 0 radical (unpaired) electrons. The number of hydrogen-bond donors (Lipinski definition) is 1. The fourth-order valence-electron chi connectivity index (χ4n) is 4.86. The number of hydrogen-bond acceptors (Lipinski definition) is 1. The summed E-state index contributed by atoms with van der Waals surface area (Å²) >= 11 is 0. The molecule has 0 saturated heterocycles. The zero-order valence-electron chi connectivity index (χ0n) is 12.4. The lowest BCUT2D eigenvalue weighted by Crippen LogP contribution is -2.46. The van der Waals surface area contributed by atoms with Crippen molar-refractivity contribution in [1.29, 1.82) is 0 Å². The summed E-state index contributed by atoms with van der Waals surface area (Å²) in [6, 6.07) is 10.1. The predicted molar refractivity (Wildman–Crippen MR) is 86.4 cm³/mol. The highest BCUT2D eigenvalue weighted by atomic mass is 15.2. The van der Waals surface area contributed by atoms with Crippen molar-refractivity contribution in [1.82, 2.24) is 9.88 Å². The van der Waals surface area contributed by atoms with E-state index in [-0.39, 0.29) is 0 Å². The summed E-state index contributed by atoms with van der Waals surface area (Å²) in [6.45, 7) is 1.24. The Balaban J connectivity index is 1.62. The van der Waals surface area contributed by atoms with Gasteiger partial charge in [-0.3, -0.25) is 4.90 Å². The molecule has 1 saturated carbocycles. The van der Waals surface area contributed by atoms with Gasteiger partial charge in [0.05, 0.1) is 6.04 Å². The molecule has 0 spiro atoms. The summed E-state index contributed by atoms with van der Waals surface area (Å²) in [5.74, 6) is 0. The number of benzene rings is 1. The van der Waals surface area contributed by atoms with Crippen LogP contribution in [0.5, 0.6) is 0 Å². The zero-order chi connectivity index (χ0) is 13.8. The second kappa shape index (κ2) is 4.48. The van der Waals surface area contributed by atoms with Crippen molar-refractivity contribution in [2.75, 3.05) is 6.54 Å². The number of nitrogens with zero attached hydrogens (tertiary/aromatic N) is 1. The molecule has 21 heavy (non-hydrogen) atoms. The van der Waals surface area contributed by atoms with Crippen LogP contribution in [-0.4, -0.2) is 22.5 Å². The van der Waals surface area contributed by atoms with Crippen LogP contribution < -0.4 is 0 Å². The Kier molecular flexibility index (Phi) is 2.57. The van der Waals surface area contributed by atoms with E-state index in [4.69, 9.17) is 0 Å². The summed E-state index contributed by atoms with van der Waals surface area (Å²) in [5, 5.41) is 1.45. The van der Waals surface area contributed by atoms with Crippen molar-refractivity contribution in [2.45, 2.75) is 50.6 Å². The number of aromatic amines is 1. The first-order valence-corrected chi connectivity index (χ1v) is 8.46. The fourth-order valence-corrected chi connectivity index (χ4v) is 4.86. The van der Waals surface area contributed by atoms with Gasteiger partial charge in [-0.25, -0.2) is 0 Å². The van der Waals surface area contributed by atoms with Crippen LogP contribution >= 0.6 is 0 Å². The SMILES string of the molecule is C1=C2CCCCC2N2CCc3c([nH]c4ccccc34)C2C1. The number of para-hydroxylation sites is 1. The van der Waals surface area contributed by atoms with Crippen LogP contribution in [0.15, 0.2) is 35.9 Å². The highest BCUT2D eigenvalue weighted by molar-refractivity contribution is 5.85. The van der Waals surface area contributed by atoms with Crippen LogP contribution in [0.25, 0.3) is 10.9 Å². The Labute approximate surface area is 125 Å². The van der Waals surface area contributed by atoms with Crippen LogP contribution in [0.3, 0.4) is 0 Å². The molecule has 108 valence electrons. The number of rotatable bonds is 0.